The van der Waals surface area contributed by atoms with E-state index in [1.807, 2.05) is 0 Å². The van der Waals surface area contributed by atoms with Crippen molar-refractivity contribution < 1.29 is 71.2 Å². The number of aliphatic hydroxyl groups excluding tert-OH is 2. The van der Waals surface area contributed by atoms with Gasteiger partial charge in [-0.2, -0.15) is 16.8 Å². The van der Waals surface area contributed by atoms with Crippen molar-refractivity contribution in [2.45, 2.75) is 73.9 Å². The minimum atomic E-state index is -4.96. The van der Waals surface area contributed by atoms with Gasteiger partial charge in [-0.05, 0) is 98.9 Å². The highest BCUT2D eigenvalue weighted by molar-refractivity contribution is 7.87. The van der Waals surface area contributed by atoms with Crippen LogP contribution in [0.2, 0.25) is 0 Å². The first-order valence-electron chi connectivity index (χ1n) is 17.1. The summed E-state index contributed by atoms with van der Waals surface area (Å²) in [5, 5.41) is 17.8. The first kappa shape index (κ1) is 46.2. The number of ether oxygens (including phenoxy) is 2. The number of para-hydroxylation sites is 2. The van der Waals surface area contributed by atoms with E-state index < -0.39 is 44.6 Å². The molecule has 308 valence electrons. The zero-order chi connectivity index (χ0) is 41.6. The van der Waals surface area contributed by atoms with Crippen LogP contribution in [-0.4, -0.2) is 66.2 Å². The van der Waals surface area contributed by atoms with Gasteiger partial charge >= 0.3 is 12.7 Å². The Labute approximate surface area is 321 Å². The van der Waals surface area contributed by atoms with Crippen LogP contribution < -0.4 is 9.47 Å². The summed E-state index contributed by atoms with van der Waals surface area (Å²) in [5.74, 6) is -1.90. The van der Waals surface area contributed by atoms with Crippen LogP contribution in [0, 0.1) is 13.8 Å². The van der Waals surface area contributed by atoms with Gasteiger partial charge in [-0.15, -0.1) is 26.3 Å². The largest absolute Gasteiger partial charge is 0.573 e. The smallest absolute Gasteiger partial charge is 0.405 e. The highest BCUT2D eigenvalue weighted by Crippen LogP contribution is 2.36. The number of aryl methyl sites for hydroxylation is 2. The third-order valence-corrected chi connectivity index (χ3v) is 10.8. The van der Waals surface area contributed by atoms with Crippen LogP contribution in [0.25, 0.3) is 0 Å². The molecule has 4 rings (SSSR count). The Morgan fingerprint density at radius 2 is 0.839 bits per heavy atom. The molecular weight excluding hydrogens is 795 g/mol. The van der Waals surface area contributed by atoms with Crippen molar-refractivity contribution in [3.8, 4) is 11.5 Å². The van der Waals surface area contributed by atoms with Crippen LogP contribution >= 0.6 is 0 Å². The van der Waals surface area contributed by atoms with Crippen molar-refractivity contribution in [3.05, 3.63) is 119 Å². The van der Waals surface area contributed by atoms with Gasteiger partial charge in [-0.1, -0.05) is 71.8 Å². The Hall–Kier alpha value is -4.20. The average Bonchev–Trinajstić information content (AvgIpc) is 3.11. The van der Waals surface area contributed by atoms with Crippen LogP contribution in [-0.2, 0) is 28.6 Å². The van der Waals surface area contributed by atoms with E-state index in [9.17, 15) is 43.2 Å². The molecule has 0 unspecified atom stereocenters. The van der Waals surface area contributed by atoms with Crippen molar-refractivity contribution in [1.29, 1.82) is 0 Å². The average molecular weight is 837 g/mol. The monoisotopic (exact) mass is 836 g/mol. The molecule has 0 amide bonds. The van der Waals surface area contributed by atoms with Gasteiger partial charge in [0, 0.05) is 13.2 Å². The van der Waals surface area contributed by atoms with Gasteiger partial charge in [0.2, 0.25) is 0 Å². The second-order valence-electron chi connectivity index (χ2n) is 12.3. The third-order valence-electron chi connectivity index (χ3n) is 8.15. The molecule has 4 aromatic carbocycles. The van der Waals surface area contributed by atoms with Crippen LogP contribution in [0.1, 0.15) is 59.8 Å². The maximum absolute atomic E-state index is 13.0. The zero-order valence-corrected chi connectivity index (χ0v) is 31.9. The summed E-state index contributed by atoms with van der Waals surface area (Å²) in [6.45, 7) is 2.53. The van der Waals surface area contributed by atoms with E-state index >= 15 is 0 Å². The molecule has 0 radical (unpaired) electrons. The third kappa shape index (κ3) is 15.4. The Bertz CT molecular complexity index is 1930. The van der Waals surface area contributed by atoms with E-state index in [0.717, 1.165) is 17.2 Å². The van der Waals surface area contributed by atoms with Crippen molar-refractivity contribution in [2.24, 2.45) is 0 Å². The van der Waals surface area contributed by atoms with Gasteiger partial charge in [0.15, 0.2) is 0 Å². The molecule has 4 aromatic rings. The maximum Gasteiger partial charge on any atom is 0.573 e. The molecule has 0 atom stereocenters. The molecule has 0 heterocycles. The minimum Gasteiger partial charge on any atom is -0.405 e. The Morgan fingerprint density at radius 3 is 1.16 bits per heavy atom. The van der Waals surface area contributed by atoms with E-state index in [1.165, 1.54) is 60.7 Å². The fourth-order valence-corrected chi connectivity index (χ4v) is 7.28. The Morgan fingerprint density at radius 1 is 0.518 bits per heavy atom. The molecule has 0 aliphatic heterocycles. The number of halogens is 6. The zero-order valence-electron chi connectivity index (χ0n) is 30.3. The van der Waals surface area contributed by atoms with E-state index in [2.05, 4.69) is 9.47 Å². The summed E-state index contributed by atoms with van der Waals surface area (Å²) in [7, 11) is -8.23. The SMILES string of the molecule is Cc1ccc(S(=O)(=O)OCCC(CCOS(=O)(=O)c2ccc(C)cc2)c2ccccc2OC(F)(F)F)cc1.OCCC(CCO)c1ccccc1OC(F)(F)F. The summed E-state index contributed by atoms with van der Waals surface area (Å²) < 4.78 is 144. The maximum atomic E-state index is 13.0. The van der Waals surface area contributed by atoms with Gasteiger partial charge in [-0.3, -0.25) is 8.37 Å². The minimum absolute atomic E-state index is 0.0583. The Balaban J connectivity index is 0.000000391. The fraction of sp³-hybridized carbons (Fsp3) is 0.368. The molecule has 56 heavy (non-hydrogen) atoms. The molecule has 2 N–H and O–H groups in total. The molecule has 0 aliphatic rings. The molecule has 0 saturated carbocycles. The van der Waals surface area contributed by atoms with E-state index in [-0.39, 0.29) is 79.1 Å². The van der Waals surface area contributed by atoms with Crippen LogP contribution in [0.3, 0.4) is 0 Å². The molecular formula is C38H42F6O10S2. The van der Waals surface area contributed by atoms with E-state index in [1.54, 1.807) is 44.2 Å². The standard InChI is InChI=1S/C26H27F3O7S2.C12H15F3O3/c1-19-7-11-22(12-8-19)37(30,31)34-17-15-21(24-5-3-4-6-25(24)36-26(27,28)29)16-18-35-38(32,33)23-13-9-20(2)10-14-23;13-12(14,15)18-11-4-2-1-3-10(11)9(5-7-16)6-8-17/h3-14,21H,15-18H2,1-2H3;1-4,9,16-17H,5-8H2. The van der Waals surface area contributed by atoms with Gasteiger partial charge in [0.1, 0.15) is 11.5 Å². The molecule has 0 bridgehead atoms. The predicted molar refractivity (Wildman–Crippen MR) is 193 cm³/mol. The lowest BCUT2D eigenvalue weighted by Gasteiger charge is -2.21. The number of rotatable bonds is 18. The quantitative estimate of drug-likeness (QED) is 0.0742. The summed E-state index contributed by atoms with van der Waals surface area (Å²) >= 11 is 0. The molecule has 0 spiro atoms. The number of hydrogen-bond acceptors (Lipinski definition) is 10. The summed E-state index contributed by atoms with van der Waals surface area (Å²) in [6, 6.07) is 23.1. The van der Waals surface area contributed by atoms with Gasteiger partial charge < -0.3 is 19.7 Å². The van der Waals surface area contributed by atoms with Gasteiger partial charge in [0.25, 0.3) is 20.2 Å². The first-order valence-corrected chi connectivity index (χ1v) is 19.9. The van der Waals surface area contributed by atoms with Gasteiger partial charge in [0.05, 0.1) is 23.0 Å². The van der Waals surface area contributed by atoms with Crippen molar-refractivity contribution in [3.63, 3.8) is 0 Å². The van der Waals surface area contributed by atoms with Crippen molar-refractivity contribution in [2.75, 3.05) is 26.4 Å². The lowest BCUT2D eigenvalue weighted by Crippen LogP contribution is -2.19. The Kier molecular flexibility index (Phi) is 17.2. The van der Waals surface area contributed by atoms with Crippen LogP contribution in [0.4, 0.5) is 26.3 Å². The molecule has 18 heteroatoms. The second kappa shape index (κ2) is 20.8. The number of benzene rings is 4. The van der Waals surface area contributed by atoms with Crippen LogP contribution in [0.15, 0.2) is 107 Å². The lowest BCUT2D eigenvalue weighted by atomic mass is 9.92. The number of hydrogen-bond donors (Lipinski definition) is 2. The molecule has 0 aromatic heterocycles. The molecule has 10 nitrogen and oxygen atoms in total. The predicted octanol–water partition coefficient (Wildman–Crippen LogP) is 8.31. The summed E-state index contributed by atoms with van der Waals surface area (Å²) in [6.07, 6.45) is -9.28. The highest BCUT2D eigenvalue weighted by atomic mass is 32.2. The highest BCUT2D eigenvalue weighted by Gasteiger charge is 2.34. The molecule has 0 fully saturated rings. The van der Waals surface area contributed by atoms with Crippen molar-refractivity contribution in [1.82, 2.24) is 0 Å². The number of aliphatic hydroxyl groups is 2. The van der Waals surface area contributed by atoms with Gasteiger partial charge in [-0.25, -0.2) is 0 Å². The topological polar surface area (TPSA) is 146 Å². The molecule has 0 saturated heterocycles. The van der Waals surface area contributed by atoms with Crippen LogP contribution in [0.5, 0.6) is 11.5 Å². The van der Waals surface area contributed by atoms with Crippen molar-refractivity contribution >= 4 is 20.2 Å². The molecule has 0 aliphatic carbocycles. The lowest BCUT2D eigenvalue weighted by molar-refractivity contribution is -0.276. The first-order chi connectivity index (χ1) is 26.2. The van der Waals surface area contributed by atoms with E-state index in [4.69, 9.17) is 18.6 Å². The second-order valence-corrected chi connectivity index (χ2v) is 15.6. The normalized spacial score (nSPS) is 12.4. The van der Waals surface area contributed by atoms with E-state index in [0.29, 0.717) is 5.56 Å². The fourth-order valence-electron chi connectivity index (χ4n) is 5.44. The summed E-state index contributed by atoms with van der Waals surface area (Å²) in [5.41, 5.74) is 2.16. The number of alkyl halides is 6. The summed E-state index contributed by atoms with van der Waals surface area (Å²) in [4.78, 5) is -0.124.